The molecule has 0 spiro atoms. The molecule has 0 radical (unpaired) electrons. The Bertz CT molecular complexity index is 363. The van der Waals surface area contributed by atoms with E-state index in [-0.39, 0.29) is 11.4 Å². The van der Waals surface area contributed by atoms with Crippen molar-refractivity contribution < 1.29 is 8.42 Å². The normalized spacial score (nSPS) is 24.2. The molecule has 0 saturated carbocycles. The van der Waals surface area contributed by atoms with Gasteiger partial charge in [0.15, 0.2) is 0 Å². The Kier molecular flexibility index (Phi) is 2.54. The summed E-state index contributed by atoms with van der Waals surface area (Å²) in [7, 11) is -3.54. The molecule has 0 atom stereocenters. The molecule has 1 aliphatic heterocycles. The fraction of sp³-hybridized carbons (Fsp3) is 0.143. The van der Waals surface area contributed by atoms with Crippen molar-refractivity contribution in [2.45, 2.75) is 0 Å². The van der Waals surface area contributed by atoms with Gasteiger partial charge in [-0.15, -0.1) is 0 Å². The molecule has 0 aromatic carbocycles. The molecule has 0 aromatic heterocycles. The van der Waals surface area contributed by atoms with E-state index >= 15 is 0 Å². The van der Waals surface area contributed by atoms with E-state index in [9.17, 15) is 8.42 Å². The standard InChI is InChI=1S/C7H8N2O2S/c1-7-3-2-4-8-5-6-9-12(7,10)11/h2-4,6H,1,5H2/b3-2-,8-4?,9-6?. The van der Waals surface area contributed by atoms with Gasteiger partial charge >= 0.3 is 0 Å². The number of hydrogen-bond donors (Lipinski definition) is 0. The van der Waals surface area contributed by atoms with Gasteiger partial charge in [-0.2, -0.15) is 12.8 Å². The molecule has 0 amide bonds. The van der Waals surface area contributed by atoms with Crippen LogP contribution in [0.3, 0.4) is 0 Å². The molecule has 0 N–H and O–H groups in total. The first-order chi connectivity index (χ1) is 5.63. The molecule has 64 valence electrons. The number of sulfonamides is 1. The van der Waals surface area contributed by atoms with Crippen LogP contribution in [0.25, 0.3) is 0 Å². The van der Waals surface area contributed by atoms with Gasteiger partial charge in [0.2, 0.25) is 0 Å². The Morgan fingerprint density at radius 1 is 1.50 bits per heavy atom. The summed E-state index contributed by atoms with van der Waals surface area (Å²) in [5.74, 6) is 0. The number of aliphatic imine (C=N–C) groups is 1. The second kappa shape index (κ2) is 3.44. The lowest BCUT2D eigenvalue weighted by Gasteiger charge is -1.93. The first-order valence-electron chi connectivity index (χ1n) is 3.27. The third-order valence-electron chi connectivity index (χ3n) is 1.21. The minimum absolute atomic E-state index is 0.0212. The molecule has 0 aliphatic carbocycles. The van der Waals surface area contributed by atoms with Crippen LogP contribution in [0.4, 0.5) is 0 Å². The van der Waals surface area contributed by atoms with Crippen LogP contribution in [0.2, 0.25) is 0 Å². The van der Waals surface area contributed by atoms with E-state index < -0.39 is 10.0 Å². The Labute approximate surface area is 71.1 Å². The highest BCUT2D eigenvalue weighted by Crippen LogP contribution is 2.07. The van der Waals surface area contributed by atoms with Crippen molar-refractivity contribution in [3.8, 4) is 0 Å². The molecule has 4 nitrogen and oxygen atoms in total. The van der Waals surface area contributed by atoms with Crippen molar-refractivity contribution in [2.75, 3.05) is 6.54 Å². The van der Waals surface area contributed by atoms with Crippen LogP contribution in [-0.4, -0.2) is 27.4 Å². The fourth-order valence-corrected chi connectivity index (χ4v) is 1.25. The van der Waals surface area contributed by atoms with Crippen molar-refractivity contribution in [1.29, 1.82) is 0 Å². The maximum atomic E-state index is 11.1. The SMILES string of the molecule is C=C1/C=C\C=NCC=NS1(=O)=O. The summed E-state index contributed by atoms with van der Waals surface area (Å²) >= 11 is 0. The quantitative estimate of drug-likeness (QED) is 0.551. The molecule has 0 bridgehead atoms. The molecule has 1 aliphatic rings. The van der Waals surface area contributed by atoms with Gasteiger partial charge in [0.1, 0.15) is 0 Å². The van der Waals surface area contributed by atoms with Gasteiger partial charge in [-0.25, -0.2) is 0 Å². The van der Waals surface area contributed by atoms with Crippen LogP contribution in [0.1, 0.15) is 0 Å². The van der Waals surface area contributed by atoms with Gasteiger partial charge < -0.3 is 0 Å². The predicted molar refractivity (Wildman–Crippen MR) is 49.1 cm³/mol. The van der Waals surface area contributed by atoms with Crippen molar-refractivity contribution in [3.05, 3.63) is 23.6 Å². The van der Waals surface area contributed by atoms with Crippen LogP contribution < -0.4 is 0 Å². The number of nitrogens with zero attached hydrogens (tertiary/aromatic N) is 2. The van der Waals surface area contributed by atoms with Crippen LogP contribution in [0.5, 0.6) is 0 Å². The van der Waals surface area contributed by atoms with Gasteiger partial charge in [-0.05, 0) is 12.2 Å². The second-order valence-electron chi connectivity index (χ2n) is 2.10. The van der Waals surface area contributed by atoms with Gasteiger partial charge in [0.05, 0.1) is 11.4 Å². The summed E-state index contributed by atoms with van der Waals surface area (Å²) in [5.41, 5.74) is 0. The largest absolute Gasteiger partial charge is 0.287 e. The molecule has 1 rings (SSSR count). The minimum Gasteiger partial charge on any atom is -0.287 e. The van der Waals surface area contributed by atoms with Crippen LogP contribution >= 0.6 is 0 Å². The Hall–Kier alpha value is -1.23. The molecule has 0 aromatic rings. The first kappa shape index (κ1) is 8.86. The Morgan fingerprint density at radius 3 is 3.00 bits per heavy atom. The summed E-state index contributed by atoms with van der Waals surface area (Å²) in [5, 5.41) is 0. The van der Waals surface area contributed by atoms with Crippen LogP contribution in [0.15, 0.2) is 33.0 Å². The summed E-state index contributed by atoms with van der Waals surface area (Å²) in [4.78, 5) is 3.80. The number of allylic oxidation sites excluding steroid dienone is 2. The highest BCUT2D eigenvalue weighted by molar-refractivity contribution is 7.94. The molecular formula is C7H8N2O2S. The molecule has 1 heterocycles. The van der Waals surface area contributed by atoms with Crippen LogP contribution in [-0.2, 0) is 10.0 Å². The monoisotopic (exact) mass is 184 g/mol. The molecule has 0 unspecified atom stereocenters. The number of hydrogen-bond acceptors (Lipinski definition) is 3. The highest BCUT2D eigenvalue weighted by atomic mass is 32.2. The zero-order valence-electron chi connectivity index (χ0n) is 6.34. The van der Waals surface area contributed by atoms with E-state index in [0.29, 0.717) is 0 Å². The third kappa shape index (κ3) is 2.13. The molecule has 0 fully saturated rings. The summed E-state index contributed by atoms with van der Waals surface area (Å²) in [6.45, 7) is 3.63. The van der Waals surface area contributed by atoms with E-state index in [1.165, 1.54) is 24.6 Å². The Morgan fingerprint density at radius 2 is 2.25 bits per heavy atom. The average Bonchev–Trinajstić information content (AvgIpc) is 2.06. The van der Waals surface area contributed by atoms with Gasteiger partial charge in [-0.3, -0.25) is 4.99 Å². The maximum Gasteiger partial charge on any atom is 0.281 e. The van der Waals surface area contributed by atoms with Crippen LogP contribution in [0, 0.1) is 0 Å². The fourth-order valence-electron chi connectivity index (χ4n) is 0.604. The van der Waals surface area contributed by atoms with Crippen molar-refractivity contribution >= 4 is 22.5 Å². The Balaban J connectivity index is 3.08. The lowest BCUT2D eigenvalue weighted by Crippen LogP contribution is -1.97. The van der Waals surface area contributed by atoms with Gasteiger partial charge in [0.25, 0.3) is 10.0 Å². The third-order valence-corrected chi connectivity index (χ3v) is 2.43. The topological polar surface area (TPSA) is 58.9 Å². The summed E-state index contributed by atoms with van der Waals surface area (Å²) < 4.78 is 25.5. The van der Waals surface area contributed by atoms with Crippen molar-refractivity contribution in [2.24, 2.45) is 9.39 Å². The maximum absolute atomic E-state index is 11.1. The first-order valence-corrected chi connectivity index (χ1v) is 4.71. The zero-order chi connectivity index (χ0) is 9.03. The minimum atomic E-state index is -3.54. The summed E-state index contributed by atoms with van der Waals surface area (Å²) in [6, 6.07) is 0. The van der Waals surface area contributed by atoms with Gasteiger partial charge in [-0.1, -0.05) is 6.58 Å². The smallest absolute Gasteiger partial charge is 0.281 e. The lowest BCUT2D eigenvalue weighted by molar-refractivity contribution is 0.605. The molecule has 0 saturated heterocycles. The molecule has 12 heavy (non-hydrogen) atoms. The molecular weight excluding hydrogens is 176 g/mol. The molecule has 5 heteroatoms. The second-order valence-corrected chi connectivity index (χ2v) is 3.79. The van der Waals surface area contributed by atoms with Gasteiger partial charge in [0, 0.05) is 12.4 Å². The number of rotatable bonds is 0. The van der Waals surface area contributed by atoms with Crippen molar-refractivity contribution in [3.63, 3.8) is 0 Å². The van der Waals surface area contributed by atoms with E-state index in [1.54, 1.807) is 0 Å². The van der Waals surface area contributed by atoms with E-state index in [0.717, 1.165) is 0 Å². The predicted octanol–water partition coefficient (Wildman–Crippen LogP) is 0.541. The zero-order valence-corrected chi connectivity index (χ0v) is 7.16. The van der Waals surface area contributed by atoms with E-state index in [2.05, 4.69) is 16.0 Å². The van der Waals surface area contributed by atoms with E-state index in [4.69, 9.17) is 0 Å². The lowest BCUT2D eigenvalue weighted by atomic mass is 10.5. The summed E-state index contributed by atoms with van der Waals surface area (Å²) in [6.07, 6.45) is 5.64. The average molecular weight is 184 g/mol. The van der Waals surface area contributed by atoms with Crippen molar-refractivity contribution in [1.82, 2.24) is 0 Å². The van der Waals surface area contributed by atoms with E-state index in [1.807, 2.05) is 0 Å². The highest BCUT2D eigenvalue weighted by Gasteiger charge is 2.09.